The van der Waals surface area contributed by atoms with Gasteiger partial charge in [-0.15, -0.1) is 0 Å². The van der Waals surface area contributed by atoms with E-state index in [1.165, 1.54) is 16.5 Å². The number of rotatable bonds is 14. The molecule has 0 saturated heterocycles. The molecular weight excluding hydrogens is 1650 g/mol. The number of nitrogens with zero attached hydrogens (tertiary/aromatic N) is 9. The number of hydrogen-bond donors (Lipinski definition) is 0. The second-order valence-corrected chi connectivity index (χ2v) is 33.4. The van der Waals surface area contributed by atoms with Gasteiger partial charge in [0.1, 0.15) is 33.5 Å². The van der Waals surface area contributed by atoms with E-state index in [1.807, 2.05) is 158 Å². The summed E-state index contributed by atoms with van der Waals surface area (Å²) in [6.07, 6.45) is 0. The Hall–Kier alpha value is -18.4. The lowest BCUT2D eigenvalue weighted by molar-refractivity contribution is 0.668. The van der Waals surface area contributed by atoms with E-state index in [2.05, 4.69) is 309 Å². The second-order valence-electron chi connectivity index (χ2n) is 33.4. The summed E-state index contributed by atoms with van der Waals surface area (Å²) in [5.74, 6) is 5.77. The number of furan rings is 3. The third-order valence-corrected chi connectivity index (χ3v) is 25.1. The van der Waals surface area contributed by atoms with Crippen molar-refractivity contribution < 1.29 is 13.3 Å². The predicted octanol–water partition coefficient (Wildman–Crippen LogP) is 32.1. The van der Waals surface area contributed by atoms with E-state index in [0.717, 1.165) is 187 Å². The van der Waals surface area contributed by atoms with Crippen LogP contribution in [0.2, 0.25) is 0 Å². The average Bonchev–Trinajstić information content (AvgIpc) is 1.76. The summed E-state index contributed by atoms with van der Waals surface area (Å²) in [5, 5.41) is 13.5. The van der Waals surface area contributed by atoms with Crippen LogP contribution < -0.4 is 0 Å². The molecule has 0 amide bonds. The number of hydrogen-bond acceptors (Lipinski definition) is 12. The molecular formula is C123H77N9O3. The molecule has 0 fully saturated rings. The normalized spacial score (nSPS) is 11.4. The molecule has 0 unspecified atom stereocenters. The molecule has 6 aromatic heterocycles. The first kappa shape index (κ1) is 80.0. The minimum absolute atomic E-state index is 0.635. The smallest absolute Gasteiger partial charge is 0.164 e. The summed E-state index contributed by atoms with van der Waals surface area (Å²) in [6.45, 7) is 0. The third-order valence-electron chi connectivity index (χ3n) is 25.1. The van der Waals surface area contributed by atoms with Crippen LogP contribution in [0.3, 0.4) is 0 Å². The Balaban J connectivity index is 0.000000111. The average molecular weight is 1730 g/mol. The SMILES string of the molecule is c1ccc(-c2ccc(-c3nc(-c4ccccc4)nc(-c4ccc(-c5ccc6c(c5)oc5ccccc56)c5ccccc45)n3)cc2)cc1.c1ccc(-c2ccc(-c3nc(-c4ccccc4)nc(-c4ccc(-c5ccc6c(c5)oc5ccccc56)cc4)n3)cc2)cc1.c1ccc(-c2nc(-c3ccc4ccccc4c3)nc(-c3ccc(-c4ccc5c(c4)oc4ccccc45)c4ccccc34)n2)cc1. The lowest BCUT2D eigenvalue weighted by Gasteiger charge is -2.13. The fourth-order valence-electron chi connectivity index (χ4n) is 18.2. The van der Waals surface area contributed by atoms with Crippen molar-refractivity contribution in [2.24, 2.45) is 0 Å². The quantitative estimate of drug-likeness (QED) is 0.102. The topological polar surface area (TPSA) is 155 Å². The largest absolute Gasteiger partial charge is 0.456 e. The van der Waals surface area contributed by atoms with Gasteiger partial charge in [0.15, 0.2) is 52.4 Å². The minimum Gasteiger partial charge on any atom is -0.456 e. The summed E-state index contributed by atoms with van der Waals surface area (Å²) in [6, 6.07) is 160. The van der Waals surface area contributed by atoms with Crippen LogP contribution in [0.4, 0.5) is 0 Å². The highest BCUT2D eigenvalue weighted by Crippen LogP contribution is 2.44. The first-order valence-corrected chi connectivity index (χ1v) is 45.0. The summed E-state index contributed by atoms with van der Waals surface area (Å²) >= 11 is 0. The second kappa shape index (κ2) is 34.9. The zero-order valence-electron chi connectivity index (χ0n) is 72.7. The van der Waals surface area contributed by atoms with Crippen molar-refractivity contribution >= 4 is 98.1 Å². The summed E-state index contributed by atoms with van der Waals surface area (Å²) in [5.41, 5.74) is 25.1. The molecule has 0 radical (unpaired) electrons. The maximum absolute atomic E-state index is 6.24. The van der Waals surface area contributed by atoms with Crippen LogP contribution in [0.1, 0.15) is 0 Å². The van der Waals surface area contributed by atoms with Crippen LogP contribution in [0.15, 0.2) is 480 Å². The molecule has 12 heteroatoms. The van der Waals surface area contributed by atoms with Gasteiger partial charge in [-0.1, -0.05) is 394 Å². The fraction of sp³-hybridized carbons (Fsp3) is 0. The molecule has 135 heavy (non-hydrogen) atoms. The van der Waals surface area contributed by atoms with E-state index in [9.17, 15) is 0 Å². The maximum Gasteiger partial charge on any atom is 0.164 e. The first-order chi connectivity index (χ1) is 66.8. The molecule has 0 aliphatic heterocycles. The van der Waals surface area contributed by atoms with Crippen LogP contribution in [-0.2, 0) is 0 Å². The highest BCUT2D eigenvalue weighted by Gasteiger charge is 2.23. The van der Waals surface area contributed by atoms with Crippen LogP contribution in [0.25, 0.3) is 256 Å². The predicted molar refractivity (Wildman–Crippen MR) is 550 cm³/mol. The van der Waals surface area contributed by atoms with Gasteiger partial charge in [-0.3, -0.25) is 0 Å². The summed E-state index contributed by atoms with van der Waals surface area (Å²) in [4.78, 5) is 44.9. The van der Waals surface area contributed by atoms with Crippen molar-refractivity contribution in [3.8, 4) is 158 Å². The first-order valence-electron chi connectivity index (χ1n) is 45.0. The van der Waals surface area contributed by atoms with E-state index in [1.54, 1.807) is 0 Å². The molecule has 0 N–H and O–H groups in total. The van der Waals surface area contributed by atoms with Crippen molar-refractivity contribution in [3.63, 3.8) is 0 Å². The molecule has 6 heterocycles. The van der Waals surface area contributed by atoms with Gasteiger partial charge >= 0.3 is 0 Å². The molecule has 0 saturated carbocycles. The van der Waals surface area contributed by atoms with Gasteiger partial charge in [0.25, 0.3) is 0 Å². The summed E-state index contributed by atoms with van der Waals surface area (Å²) < 4.78 is 18.6. The van der Waals surface area contributed by atoms with E-state index in [4.69, 9.17) is 58.1 Å². The molecule has 0 bridgehead atoms. The van der Waals surface area contributed by atoms with Crippen LogP contribution >= 0.6 is 0 Å². The van der Waals surface area contributed by atoms with E-state index < -0.39 is 0 Å². The highest BCUT2D eigenvalue weighted by molar-refractivity contribution is 6.12. The molecule has 26 aromatic rings. The molecule has 12 nitrogen and oxygen atoms in total. The monoisotopic (exact) mass is 1730 g/mol. The lowest BCUT2D eigenvalue weighted by Crippen LogP contribution is -2.00. The molecule has 0 atom stereocenters. The Morgan fingerprint density at radius 3 is 0.681 bits per heavy atom. The lowest BCUT2D eigenvalue weighted by atomic mass is 9.94. The molecule has 0 aliphatic carbocycles. The van der Waals surface area contributed by atoms with Crippen molar-refractivity contribution in [2.45, 2.75) is 0 Å². The molecule has 0 spiro atoms. The Kier molecular flexibility index (Phi) is 20.7. The number of benzene rings is 20. The fourth-order valence-corrected chi connectivity index (χ4v) is 18.2. The van der Waals surface area contributed by atoms with Gasteiger partial charge in [0.2, 0.25) is 0 Å². The van der Waals surface area contributed by atoms with E-state index >= 15 is 0 Å². The van der Waals surface area contributed by atoms with Crippen LogP contribution in [0, 0.1) is 0 Å². The standard InChI is InChI=1S/C43H27N3O.C41H25N3O.C39H25N3O/c1-3-11-28(12-4-1)29-19-21-31(22-20-29)42-44-41(30-13-5-2-6-14-30)45-43(46-42)38-26-25-33(34-15-7-8-16-35(34)38)32-23-24-37-36-17-9-10-18-39(36)47-40(37)27-32;1-2-11-27(12-3-1)39-42-40(30-19-18-26-10-4-5-13-28(26)24-30)44-41(43-39)36-23-22-31(32-14-6-7-15-33(32)36)29-20-21-35-34-16-8-9-17-37(34)45-38(35)25-29;1-3-9-26(10-4-1)27-15-19-30(20-16-27)38-40-37(29-11-5-2-6-12-29)41-39(42-38)31-21-17-28(18-22-31)32-23-24-34-33-13-7-8-14-35(33)43-36(34)25-32/h1-27H;1-25H;1-25H. The maximum atomic E-state index is 6.24. The zero-order valence-corrected chi connectivity index (χ0v) is 72.7. The van der Waals surface area contributed by atoms with Gasteiger partial charge in [-0.2, -0.15) is 0 Å². The zero-order chi connectivity index (χ0) is 89.5. The Morgan fingerprint density at radius 2 is 0.326 bits per heavy atom. The third kappa shape index (κ3) is 15.8. The van der Waals surface area contributed by atoms with Crippen LogP contribution in [-0.4, -0.2) is 44.9 Å². The molecule has 20 aromatic carbocycles. The molecule has 0 aliphatic rings. The van der Waals surface area contributed by atoms with Gasteiger partial charge in [0, 0.05) is 82.4 Å². The number of para-hydroxylation sites is 3. The number of fused-ring (bicyclic) bond motifs is 12. The Bertz CT molecular complexity index is 8960. The van der Waals surface area contributed by atoms with Crippen molar-refractivity contribution in [3.05, 3.63) is 467 Å². The van der Waals surface area contributed by atoms with Crippen molar-refractivity contribution in [1.82, 2.24) is 44.9 Å². The Labute approximate surface area is 776 Å². The molecule has 632 valence electrons. The van der Waals surface area contributed by atoms with Gasteiger partial charge < -0.3 is 13.3 Å². The Morgan fingerprint density at radius 1 is 0.111 bits per heavy atom. The van der Waals surface area contributed by atoms with Gasteiger partial charge in [-0.25, -0.2) is 44.9 Å². The van der Waals surface area contributed by atoms with Gasteiger partial charge in [0.05, 0.1) is 0 Å². The molecule has 26 rings (SSSR count). The van der Waals surface area contributed by atoms with E-state index in [0.29, 0.717) is 52.4 Å². The number of aromatic nitrogens is 9. The van der Waals surface area contributed by atoms with Crippen molar-refractivity contribution in [1.29, 1.82) is 0 Å². The van der Waals surface area contributed by atoms with Gasteiger partial charge in [-0.05, 0) is 161 Å². The summed E-state index contributed by atoms with van der Waals surface area (Å²) in [7, 11) is 0. The van der Waals surface area contributed by atoms with Crippen LogP contribution in [0.5, 0.6) is 0 Å². The highest BCUT2D eigenvalue weighted by atomic mass is 16.3. The van der Waals surface area contributed by atoms with Crippen molar-refractivity contribution in [2.75, 3.05) is 0 Å². The van der Waals surface area contributed by atoms with E-state index in [-0.39, 0.29) is 0 Å². The minimum atomic E-state index is 0.635.